The van der Waals surface area contributed by atoms with Crippen molar-refractivity contribution >= 4 is 34.8 Å². The Hall–Kier alpha value is -1.07. The highest BCUT2D eigenvalue weighted by molar-refractivity contribution is 7.18. The highest BCUT2D eigenvalue weighted by atomic mass is 35.5. The van der Waals surface area contributed by atoms with Crippen LogP contribution in [0.2, 0.25) is 4.34 Å². The van der Waals surface area contributed by atoms with Crippen molar-refractivity contribution in [2.45, 2.75) is 26.3 Å². The lowest BCUT2D eigenvalue weighted by Gasteiger charge is -2.19. The quantitative estimate of drug-likeness (QED) is 0.868. The summed E-state index contributed by atoms with van der Waals surface area (Å²) in [6.07, 6.45) is 0.683. The van der Waals surface area contributed by atoms with Gasteiger partial charge < -0.3 is 10.4 Å². The minimum Gasteiger partial charge on any atom is -0.480 e. The molecule has 0 aromatic carbocycles. The molecule has 0 aliphatic carbocycles. The molecular formula is C11H14ClNO3S. The fraction of sp³-hybridized carbons (Fsp3) is 0.455. The number of thiophene rings is 1. The van der Waals surface area contributed by atoms with Gasteiger partial charge in [0.05, 0.1) is 9.21 Å². The standard InChI is InChI=1S/C11H14ClNO3S/c1-3-6(2)9(11(15)16)13-10(14)7-4-5-8(12)17-7/h4-6,9H,3H2,1-2H3,(H,13,14)(H,15,16)/t6?,9-/m0/s1. The molecule has 2 N–H and O–H groups in total. The van der Waals surface area contributed by atoms with E-state index in [1.807, 2.05) is 6.92 Å². The van der Waals surface area contributed by atoms with Gasteiger partial charge in [-0.1, -0.05) is 31.9 Å². The molecule has 1 aromatic rings. The average Bonchev–Trinajstić information content (AvgIpc) is 2.71. The van der Waals surface area contributed by atoms with Crippen molar-refractivity contribution in [2.75, 3.05) is 0 Å². The van der Waals surface area contributed by atoms with Crippen molar-refractivity contribution in [3.63, 3.8) is 0 Å². The van der Waals surface area contributed by atoms with Gasteiger partial charge in [0, 0.05) is 0 Å². The van der Waals surface area contributed by atoms with Crippen molar-refractivity contribution < 1.29 is 14.7 Å². The van der Waals surface area contributed by atoms with Crippen LogP contribution in [-0.2, 0) is 4.79 Å². The van der Waals surface area contributed by atoms with Crippen molar-refractivity contribution in [3.8, 4) is 0 Å². The predicted octanol–water partition coefficient (Wildman–Crippen LogP) is 2.63. The number of nitrogens with one attached hydrogen (secondary N) is 1. The summed E-state index contributed by atoms with van der Waals surface area (Å²) in [5, 5.41) is 11.5. The minimum atomic E-state index is -1.02. The van der Waals surface area contributed by atoms with Crippen molar-refractivity contribution in [1.29, 1.82) is 0 Å². The van der Waals surface area contributed by atoms with E-state index >= 15 is 0 Å². The third-order valence-corrected chi connectivity index (χ3v) is 3.79. The second kappa shape index (κ2) is 6.02. The molecule has 1 unspecified atom stereocenters. The first-order chi connectivity index (χ1) is 7.95. The number of rotatable bonds is 5. The van der Waals surface area contributed by atoms with E-state index in [1.165, 1.54) is 0 Å². The van der Waals surface area contributed by atoms with Gasteiger partial charge in [-0.3, -0.25) is 4.79 Å². The van der Waals surface area contributed by atoms with Gasteiger partial charge in [-0.25, -0.2) is 4.79 Å². The summed E-state index contributed by atoms with van der Waals surface area (Å²) >= 11 is 6.84. The minimum absolute atomic E-state index is 0.119. The van der Waals surface area contributed by atoms with Crippen LogP contribution in [0.5, 0.6) is 0 Å². The maximum absolute atomic E-state index is 11.8. The smallest absolute Gasteiger partial charge is 0.326 e. The number of carboxylic acid groups (broad SMARTS) is 1. The van der Waals surface area contributed by atoms with E-state index in [1.54, 1.807) is 19.1 Å². The molecule has 17 heavy (non-hydrogen) atoms. The Morgan fingerprint density at radius 1 is 1.53 bits per heavy atom. The zero-order valence-corrected chi connectivity index (χ0v) is 11.1. The van der Waals surface area contributed by atoms with Gasteiger partial charge in [0.15, 0.2) is 0 Å². The summed E-state index contributed by atoms with van der Waals surface area (Å²) < 4.78 is 0.505. The Bertz CT molecular complexity index is 419. The molecule has 6 heteroatoms. The molecule has 1 amide bonds. The Kier molecular flexibility index (Phi) is 4.96. The normalized spacial score (nSPS) is 14.1. The van der Waals surface area contributed by atoms with Crippen LogP contribution >= 0.6 is 22.9 Å². The van der Waals surface area contributed by atoms with Crippen molar-refractivity contribution in [3.05, 3.63) is 21.3 Å². The Labute approximate surface area is 109 Å². The number of halogens is 1. The zero-order valence-electron chi connectivity index (χ0n) is 9.57. The molecule has 0 fully saturated rings. The SMILES string of the molecule is CCC(C)[C@H](NC(=O)c1ccc(Cl)s1)C(=O)O. The first-order valence-corrected chi connectivity index (χ1v) is 6.44. The summed E-state index contributed by atoms with van der Waals surface area (Å²) in [6, 6.07) is 2.33. The fourth-order valence-corrected chi connectivity index (χ4v) is 2.28. The Morgan fingerprint density at radius 3 is 2.59 bits per heavy atom. The molecule has 0 bridgehead atoms. The number of carbonyl (C=O) groups excluding carboxylic acids is 1. The highest BCUT2D eigenvalue weighted by Gasteiger charge is 2.26. The summed E-state index contributed by atoms with van der Waals surface area (Å²) in [5.74, 6) is -1.53. The molecule has 0 saturated heterocycles. The van der Waals surface area contributed by atoms with Crippen LogP contribution in [0.1, 0.15) is 29.9 Å². The van der Waals surface area contributed by atoms with Crippen LogP contribution in [0, 0.1) is 5.92 Å². The molecule has 0 aliphatic rings. The molecule has 1 aromatic heterocycles. The Morgan fingerprint density at radius 2 is 2.18 bits per heavy atom. The summed E-state index contributed by atoms with van der Waals surface area (Å²) in [5.41, 5.74) is 0. The summed E-state index contributed by atoms with van der Waals surface area (Å²) in [6.45, 7) is 3.68. The number of aliphatic carboxylic acids is 1. The molecule has 4 nitrogen and oxygen atoms in total. The van der Waals surface area contributed by atoms with Crippen molar-refractivity contribution in [1.82, 2.24) is 5.32 Å². The van der Waals surface area contributed by atoms with E-state index in [0.29, 0.717) is 15.6 Å². The van der Waals surface area contributed by atoms with E-state index < -0.39 is 17.9 Å². The van der Waals surface area contributed by atoms with Crippen molar-refractivity contribution in [2.24, 2.45) is 5.92 Å². The number of hydrogen-bond acceptors (Lipinski definition) is 3. The highest BCUT2D eigenvalue weighted by Crippen LogP contribution is 2.21. The molecular weight excluding hydrogens is 262 g/mol. The van der Waals surface area contributed by atoms with Gasteiger partial charge in [0.1, 0.15) is 6.04 Å². The topological polar surface area (TPSA) is 66.4 Å². The molecule has 0 spiro atoms. The molecule has 0 aliphatic heterocycles. The largest absolute Gasteiger partial charge is 0.480 e. The molecule has 1 heterocycles. The van der Waals surface area contributed by atoms with Crippen LogP contribution in [0.3, 0.4) is 0 Å². The van der Waals surface area contributed by atoms with Gasteiger partial charge in [-0.2, -0.15) is 0 Å². The van der Waals surface area contributed by atoms with E-state index in [9.17, 15) is 9.59 Å². The van der Waals surface area contributed by atoms with Gasteiger partial charge in [-0.15, -0.1) is 11.3 Å². The third-order valence-electron chi connectivity index (χ3n) is 2.56. The van der Waals surface area contributed by atoms with Gasteiger partial charge in [-0.05, 0) is 18.1 Å². The van der Waals surface area contributed by atoms with Crippen LogP contribution in [0.25, 0.3) is 0 Å². The lowest BCUT2D eigenvalue weighted by molar-refractivity contribution is -0.140. The monoisotopic (exact) mass is 275 g/mol. The average molecular weight is 276 g/mol. The first kappa shape index (κ1) is 14.0. The fourth-order valence-electron chi connectivity index (χ4n) is 1.33. The van der Waals surface area contributed by atoms with Crippen LogP contribution in [0.15, 0.2) is 12.1 Å². The predicted molar refractivity (Wildman–Crippen MR) is 67.7 cm³/mol. The zero-order chi connectivity index (χ0) is 13.0. The molecule has 1 rings (SSSR count). The third kappa shape index (κ3) is 3.71. The second-order valence-electron chi connectivity index (χ2n) is 3.78. The van der Waals surface area contributed by atoms with E-state index in [-0.39, 0.29) is 5.92 Å². The van der Waals surface area contributed by atoms with E-state index in [4.69, 9.17) is 16.7 Å². The second-order valence-corrected chi connectivity index (χ2v) is 5.49. The lowest BCUT2D eigenvalue weighted by Crippen LogP contribution is -2.44. The van der Waals surface area contributed by atoms with E-state index in [2.05, 4.69) is 5.32 Å². The summed E-state index contributed by atoms with van der Waals surface area (Å²) in [4.78, 5) is 23.2. The Balaban J connectivity index is 2.74. The van der Waals surface area contributed by atoms with E-state index in [0.717, 1.165) is 11.3 Å². The number of amides is 1. The number of hydrogen-bond donors (Lipinski definition) is 2. The lowest BCUT2D eigenvalue weighted by atomic mass is 9.99. The molecule has 0 radical (unpaired) electrons. The number of carboxylic acids is 1. The van der Waals surface area contributed by atoms with Gasteiger partial charge in [0.25, 0.3) is 5.91 Å². The first-order valence-electron chi connectivity index (χ1n) is 5.24. The van der Waals surface area contributed by atoms with Gasteiger partial charge in [0.2, 0.25) is 0 Å². The van der Waals surface area contributed by atoms with Gasteiger partial charge >= 0.3 is 5.97 Å². The molecule has 0 saturated carbocycles. The maximum atomic E-state index is 11.8. The van der Waals surface area contributed by atoms with Crippen LogP contribution < -0.4 is 5.32 Å². The maximum Gasteiger partial charge on any atom is 0.326 e. The molecule has 94 valence electrons. The number of carbonyl (C=O) groups is 2. The summed E-state index contributed by atoms with van der Waals surface area (Å²) in [7, 11) is 0. The molecule has 2 atom stereocenters. The van der Waals surface area contributed by atoms with Crippen LogP contribution in [0.4, 0.5) is 0 Å². The van der Waals surface area contributed by atoms with Crippen LogP contribution in [-0.4, -0.2) is 23.0 Å².